The number of hydrogen-bond acceptors (Lipinski definition) is 3. The van der Waals surface area contributed by atoms with Crippen LogP contribution in [0.25, 0.3) is 10.9 Å². The number of para-hydroxylation sites is 2. The van der Waals surface area contributed by atoms with Gasteiger partial charge in [0.05, 0.1) is 6.04 Å². The highest BCUT2D eigenvalue weighted by atomic mass is 16.2. The van der Waals surface area contributed by atoms with Crippen LogP contribution in [-0.2, 0) is 30.7 Å². The van der Waals surface area contributed by atoms with E-state index in [0.717, 1.165) is 48.2 Å². The molecule has 4 aromatic carbocycles. The van der Waals surface area contributed by atoms with Gasteiger partial charge in [0.15, 0.2) is 0 Å². The molecule has 40 heavy (non-hydrogen) atoms. The van der Waals surface area contributed by atoms with Gasteiger partial charge in [-0.2, -0.15) is 0 Å². The minimum atomic E-state index is -0.615. The first kappa shape index (κ1) is 26.1. The van der Waals surface area contributed by atoms with E-state index >= 15 is 0 Å². The van der Waals surface area contributed by atoms with Crippen molar-refractivity contribution in [1.82, 2.24) is 9.88 Å². The van der Waals surface area contributed by atoms with Gasteiger partial charge in [0.2, 0.25) is 5.91 Å². The average Bonchev–Trinajstić information content (AvgIpc) is 3.40. The van der Waals surface area contributed by atoms with Crippen LogP contribution in [0.15, 0.2) is 115 Å². The molecule has 1 aliphatic heterocycles. The molecule has 0 fully saturated rings. The number of nitrogens with zero attached hydrogens (tertiary/aromatic N) is 2. The monoisotopic (exact) mass is 528 g/mol. The average molecular weight is 529 g/mol. The number of hydrogen-bond donors (Lipinski definition) is 2. The van der Waals surface area contributed by atoms with Crippen molar-refractivity contribution < 1.29 is 4.79 Å². The number of amides is 1. The predicted molar refractivity (Wildman–Crippen MR) is 163 cm³/mol. The molecule has 5 nitrogen and oxygen atoms in total. The summed E-state index contributed by atoms with van der Waals surface area (Å²) in [6.45, 7) is 3.28. The summed E-state index contributed by atoms with van der Waals surface area (Å²) < 4.78 is 0. The molecule has 0 bridgehead atoms. The van der Waals surface area contributed by atoms with Crippen LogP contribution in [0.1, 0.15) is 22.3 Å². The molecule has 202 valence electrons. The van der Waals surface area contributed by atoms with E-state index < -0.39 is 6.04 Å². The Kier molecular flexibility index (Phi) is 7.76. The summed E-state index contributed by atoms with van der Waals surface area (Å²) in [5.41, 5.74) is 13.6. The van der Waals surface area contributed by atoms with E-state index in [1.54, 1.807) is 0 Å². The van der Waals surface area contributed by atoms with Gasteiger partial charge in [-0.05, 0) is 53.1 Å². The Morgan fingerprint density at radius 3 is 2.20 bits per heavy atom. The number of carbonyl (C=O) groups is 1. The van der Waals surface area contributed by atoms with Gasteiger partial charge >= 0.3 is 0 Å². The second-order valence-corrected chi connectivity index (χ2v) is 11.0. The maximum absolute atomic E-state index is 13.9. The lowest BCUT2D eigenvalue weighted by atomic mass is 9.90. The van der Waals surface area contributed by atoms with E-state index in [4.69, 9.17) is 5.73 Å². The Bertz CT molecular complexity index is 1520. The minimum Gasteiger partial charge on any atom is -0.361 e. The molecule has 1 aromatic heterocycles. The molecular formula is C35H36N4O. The number of aromatic nitrogens is 1. The van der Waals surface area contributed by atoms with E-state index in [2.05, 4.69) is 94.8 Å². The number of anilines is 1. The van der Waals surface area contributed by atoms with Crippen LogP contribution >= 0.6 is 0 Å². The molecule has 0 spiro atoms. The van der Waals surface area contributed by atoms with Gasteiger partial charge in [-0.1, -0.05) is 97.1 Å². The van der Waals surface area contributed by atoms with E-state index in [0.29, 0.717) is 18.9 Å². The molecule has 5 aromatic rings. The smallest absolute Gasteiger partial charge is 0.244 e. The van der Waals surface area contributed by atoms with Gasteiger partial charge < -0.3 is 15.6 Å². The van der Waals surface area contributed by atoms with Crippen molar-refractivity contribution in [3.8, 4) is 0 Å². The zero-order valence-corrected chi connectivity index (χ0v) is 22.7. The van der Waals surface area contributed by atoms with E-state index in [-0.39, 0.29) is 5.91 Å². The fraction of sp³-hybridized carbons (Fsp3) is 0.229. The lowest BCUT2D eigenvalue weighted by Gasteiger charge is -2.38. The summed E-state index contributed by atoms with van der Waals surface area (Å²) in [4.78, 5) is 21.7. The Morgan fingerprint density at radius 2 is 1.48 bits per heavy atom. The minimum absolute atomic E-state index is 0.0138. The summed E-state index contributed by atoms with van der Waals surface area (Å²) in [7, 11) is 0. The topological polar surface area (TPSA) is 65.4 Å². The molecule has 0 saturated heterocycles. The Labute approximate surface area is 236 Å². The molecule has 3 N–H and O–H groups in total. The summed E-state index contributed by atoms with van der Waals surface area (Å²) in [6, 6.07) is 37.1. The fourth-order valence-corrected chi connectivity index (χ4v) is 6.07. The second-order valence-electron chi connectivity index (χ2n) is 11.0. The number of nitrogens with one attached hydrogen (secondary N) is 1. The largest absolute Gasteiger partial charge is 0.361 e. The second kappa shape index (κ2) is 11.9. The molecule has 0 saturated carbocycles. The van der Waals surface area contributed by atoms with Gasteiger partial charge in [0.25, 0.3) is 0 Å². The summed E-state index contributed by atoms with van der Waals surface area (Å²) in [5.74, 6) is 0.284. The number of rotatable bonds is 9. The molecule has 0 unspecified atom stereocenters. The van der Waals surface area contributed by atoms with Crippen LogP contribution in [0.5, 0.6) is 0 Å². The van der Waals surface area contributed by atoms with Crippen molar-refractivity contribution in [3.05, 3.63) is 138 Å². The van der Waals surface area contributed by atoms with Crippen LogP contribution in [0.2, 0.25) is 0 Å². The van der Waals surface area contributed by atoms with Gasteiger partial charge in [0.1, 0.15) is 0 Å². The highest BCUT2D eigenvalue weighted by molar-refractivity contribution is 5.98. The zero-order chi connectivity index (χ0) is 27.3. The number of H-pyrrole nitrogens is 1. The number of carbonyl (C=O) groups excluding carboxylic acids is 1. The standard InChI is InChI=1S/C35H36N4O/c36-32(20-30-21-37-33-17-9-8-16-31(30)33)35(40)39-25-28(19-29-15-7-10-18-34(29)39)24-38(22-26-11-3-1-4-12-26)23-27-13-5-2-6-14-27/h1-18,21,28,32,37H,19-20,22-25,36H2/t28-,32+/m0/s1. The summed E-state index contributed by atoms with van der Waals surface area (Å²) >= 11 is 0. The number of benzene rings is 4. The zero-order valence-electron chi connectivity index (χ0n) is 22.7. The van der Waals surface area contributed by atoms with Gasteiger partial charge in [-0.3, -0.25) is 9.69 Å². The van der Waals surface area contributed by atoms with Crippen LogP contribution in [0.4, 0.5) is 5.69 Å². The van der Waals surface area contributed by atoms with Gasteiger partial charge in [-0.15, -0.1) is 0 Å². The number of aromatic amines is 1. The number of fused-ring (bicyclic) bond motifs is 2. The van der Waals surface area contributed by atoms with Crippen molar-refractivity contribution in [1.29, 1.82) is 0 Å². The summed E-state index contributed by atoms with van der Waals surface area (Å²) in [5, 5.41) is 1.13. The Morgan fingerprint density at radius 1 is 0.850 bits per heavy atom. The SMILES string of the molecule is N[C@H](Cc1c[nH]c2ccccc12)C(=O)N1C[C@H](CN(Cc2ccccc2)Cc2ccccc2)Cc2ccccc21. The van der Waals surface area contributed by atoms with Crippen molar-refractivity contribution in [2.75, 3.05) is 18.0 Å². The van der Waals surface area contributed by atoms with Crippen molar-refractivity contribution >= 4 is 22.5 Å². The Balaban J connectivity index is 1.22. The van der Waals surface area contributed by atoms with E-state index in [1.165, 1.54) is 16.7 Å². The first-order chi connectivity index (χ1) is 19.6. The lowest BCUT2D eigenvalue weighted by molar-refractivity contribution is -0.120. The normalized spacial score (nSPS) is 15.8. The van der Waals surface area contributed by atoms with Crippen LogP contribution in [0, 0.1) is 5.92 Å². The molecule has 6 rings (SSSR count). The molecule has 2 atom stereocenters. The molecule has 5 heteroatoms. The predicted octanol–water partition coefficient (Wildman–Crippen LogP) is 5.95. The maximum Gasteiger partial charge on any atom is 0.244 e. The Hall–Kier alpha value is -4.19. The first-order valence-electron chi connectivity index (χ1n) is 14.1. The third-order valence-corrected chi connectivity index (χ3v) is 7.94. The quantitative estimate of drug-likeness (QED) is 0.249. The third-order valence-electron chi connectivity index (χ3n) is 7.94. The van der Waals surface area contributed by atoms with E-state index in [1.807, 2.05) is 35.4 Å². The van der Waals surface area contributed by atoms with Crippen LogP contribution < -0.4 is 10.6 Å². The third kappa shape index (κ3) is 5.86. The van der Waals surface area contributed by atoms with Crippen molar-refractivity contribution in [2.45, 2.75) is 32.0 Å². The van der Waals surface area contributed by atoms with Crippen LogP contribution in [-0.4, -0.2) is 34.9 Å². The summed E-state index contributed by atoms with van der Waals surface area (Å²) in [6.07, 6.45) is 3.42. The first-order valence-corrected chi connectivity index (χ1v) is 14.1. The highest BCUT2D eigenvalue weighted by Crippen LogP contribution is 2.31. The lowest BCUT2D eigenvalue weighted by Crippen LogP contribution is -2.50. The highest BCUT2D eigenvalue weighted by Gasteiger charge is 2.32. The van der Waals surface area contributed by atoms with Gasteiger partial charge in [0, 0.05) is 49.0 Å². The molecule has 0 radical (unpaired) electrons. The van der Waals surface area contributed by atoms with Crippen molar-refractivity contribution in [3.63, 3.8) is 0 Å². The molecule has 0 aliphatic carbocycles. The fourth-order valence-electron chi connectivity index (χ4n) is 6.07. The molecular weight excluding hydrogens is 492 g/mol. The molecule has 1 amide bonds. The molecule has 1 aliphatic rings. The van der Waals surface area contributed by atoms with Crippen LogP contribution in [0.3, 0.4) is 0 Å². The van der Waals surface area contributed by atoms with Crippen molar-refractivity contribution in [2.24, 2.45) is 11.7 Å². The maximum atomic E-state index is 13.9. The number of nitrogens with two attached hydrogens (primary N) is 1. The molecule has 2 heterocycles. The van der Waals surface area contributed by atoms with Gasteiger partial charge in [-0.25, -0.2) is 0 Å². The van der Waals surface area contributed by atoms with E-state index in [9.17, 15) is 4.79 Å².